The first-order valence-electron chi connectivity index (χ1n) is 5.40. The molecule has 1 heterocycles. The lowest BCUT2D eigenvalue weighted by Crippen LogP contribution is -2.30. The van der Waals surface area contributed by atoms with Crippen molar-refractivity contribution >= 4 is 11.8 Å². The van der Waals surface area contributed by atoms with E-state index in [2.05, 4.69) is 5.32 Å². The Balaban J connectivity index is 1.92. The lowest BCUT2D eigenvalue weighted by molar-refractivity contribution is 0.113. The molecule has 84 valence electrons. The van der Waals surface area contributed by atoms with E-state index in [4.69, 9.17) is 10.2 Å². The molecule has 2 atom stereocenters. The highest BCUT2D eigenvalue weighted by Crippen LogP contribution is 2.17. The predicted molar refractivity (Wildman–Crippen MR) is 60.6 cm³/mol. The van der Waals surface area contributed by atoms with Crippen LogP contribution in [0.3, 0.4) is 0 Å². The lowest BCUT2D eigenvalue weighted by Gasteiger charge is -2.22. The SMILES string of the molecule is OCC(O)CSCCC1CCCNC1. The Kier molecular flexibility index (Phi) is 6.60. The fourth-order valence-electron chi connectivity index (χ4n) is 1.69. The highest BCUT2D eigenvalue weighted by Gasteiger charge is 2.12. The minimum atomic E-state index is -0.538. The second kappa shape index (κ2) is 7.51. The maximum atomic E-state index is 9.11. The first-order valence-corrected chi connectivity index (χ1v) is 6.55. The minimum Gasteiger partial charge on any atom is -0.394 e. The van der Waals surface area contributed by atoms with Gasteiger partial charge in [-0.15, -0.1) is 0 Å². The normalized spacial score (nSPS) is 24.9. The van der Waals surface area contributed by atoms with Crippen molar-refractivity contribution in [3.05, 3.63) is 0 Å². The average Bonchev–Trinajstić information content (AvgIpc) is 2.25. The van der Waals surface area contributed by atoms with Crippen LogP contribution in [0.15, 0.2) is 0 Å². The topological polar surface area (TPSA) is 52.5 Å². The third-order valence-corrected chi connectivity index (χ3v) is 3.74. The molecule has 0 bridgehead atoms. The Morgan fingerprint density at radius 3 is 3.00 bits per heavy atom. The number of rotatable bonds is 6. The Morgan fingerprint density at radius 1 is 1.50 bits per heavy atom. The van der Waals surface area contributed by atoms with Gasteiger partial charge in [-0.1, -0.05) is 0 Å². The number of hydrogen-bond donors (Lipinski definition) is 3. The summed E-state index contributed by atoms with van der Waals surface area (Å²) in [7, 11) is 0. The number of aliphatic hydroxyl groups is 2. The zero-order valence-corrected chi connectivity index (χ0v) is 9.43. The van der Waals surface area contributed by atoms with Gasteiger partial charge in [-0.3, -0.25) is 0 Å². The van der Waals surface area contributed by atoms with Crippen LogP contribution in [0.5, 0.6) is 0 Å². The van der Waals surface area contributed by atoms with Crippen molar-refractivity contribution in [2.75, 3.05) is 31.2 Å². The summed E-state index contributed by atoms with van der Waals surface area (Å²) in [5.41, 5.74) is 0. The van der Waals surface area contributed by atoms with E-state index in [-0.39, 0.29) is 6.61 Å². The van der Waals surface area contributed by atoms with Gasteiger partial charge >= 0.3 is 0 Å². The van der Waals surface area contributed by atoms with Gasteiger partial charge in [-0.05, 0) is 44.0 Å². The molecule has 3 nitrogen and oxygen atoms in total. The molecule has 0 aromatic carbocycles. The third-order valence-electron chi connectivity index (χ3n) is 2.59. The van der Waals surface area contributed by atoms with Crippen molar-refractivity contribution in [1.29, 1.82) is 0 Å². The number of hydrogen-bond acceptors (Lipinski definition) is 4. The summed E-state index contributed by atoms with van der Waals surface area (Å²) in [5, 5.41) is 21.1. The smallest absolute Gasteiger partial charge is 0.0861 e. The molecule has 0 spiro atoms. The van der Waals surface area contributed by atoms with Gasteiger partial charge in [0.05, 0.1) is 12.7 Å². The van der Waals surface area contributed by atoms with Gasteiger partial charge in [0.1, 0.15) is 0 Å². The quantitative estimate of drug-likeness (QED) is 0.568. The molecule has 0 saturated carbocycles. The molecule has 0 amide bonds. The zero-order valence-electron chi connectivity index (χ0n) is 8.61. The molecular weight excluding hydrogens is 198 g/mol. The van der Waals surface area contributed by atoms with E-state index in [1.54, 1.807) is 11.8 Å². The summed E-state index contributed by atoms with van der Waals surface area (Å²) in [6, 6.07) is 0. The molecule has 1 fully saturated rings. The second-order valence-corrected chi connectivity index (χ2v) is 5.06. The average molecular weight is 219 g/mol. The molecule has 0 aromatic heterocycles. The van der Waals surface area contributed by atoms with Crippen LogP contribution in [0.25, 0.3) is 0 Å². The molecule has 14 heavy (non-hydrogen) atoms. The van der Waals surface area contributed by atoms with E-state index in [9.17, 15) is 0 Å². The van der Waals surface area contributed by atoms with Crippen molar-refractivity contribution < 1.29 is 10.2 Å². The Hall–Kier alpha value is 0.230. The van der Waals surface area contributed by atoms with E-state index in [0.717, 1.165) is 18.2 Å². The monoisotopic (exact) mass is 219 g/mol. The zero-order chi connectivity index (χ0) is 10.2. The van der Waals surface area contributed by atoms with Crippen molar-refractivity contribution in [3.63, 3.8) is 0 Å². The number of piperidine rings is 1. The number of nitrogens with one attached hydrogen (secondary N) is 1. The van der Waals surface area contributed by atoms with Crippen LogP contribution in [-0.4, -0.2) is 47.5 Å². The second-order valence-electron chi connectivity index (χ2n) is 3.91. The number of thioether (sulfide) groups is 1. The van der Waals surface area contributed by atoms with Gasteiger partial charge in [0.25, 0.3) is 0 Å². The molecule has 0 radical (unpaired) electrons. The van der Waals surface area contributed by atoms with Crippen LogP contribution in [0.4, 0.5) is 0 Å². The number of aliphatic hydroxyl groups excluding tert-OH is 2. The highest BCUT2D eigenvalue weighted by atomic mass is 32.2. The van der Waals surface area contributed by atoms with Gasteiger partial charge in [0.15, 0.2) is 0 Å². The molecule has 3 N–H and O–H groups in total. The van der Waals surface area contributed by atoms with E-state index in [1.807, 2.05) is 0 Å². The summed E-state index contributed by atoms with van der Waals surface area (Å²) >= 11 is 1.74. The Morgan fingerprint density at radius 2 is 2.36 bits per heavy atom. The molecule has 1 aliphatic rings. The molecule has 0 aromatic rings. The van der Waals surface area contributed by atoms with Crippen molar-refractivity contribution in [1.82, 2.24) is 5.32 Å². The van der Waals surface area contributed by atoms with Crippen LogP contribution in [0.2, 0.25) is 0 Å². The van der Waals surface area contributed by atoms with Crippen LogP contribution in [-0.2, 0) is 0 Å². The lowest BCUT2D eigenvalue weighted by atomic mass is 9.97. The molecular formula is C10H21NO2S. The van der Waals surface area contributed by atoms with Crippen LogP contribution in [0.1, 0.15) is 19.3 Å². The van der Waals surface area contributed by atoms with Gasteiger partial charge < -0.3 is 15.5 Å². The van der Waals surface area contributed by atoms with Gasteiger partial charge in [0, 0.05) is 5.75 Å². The highest BCUT2D eigenvalue weighted by molar-refractivity contribution is 7.99. The van der Waals surface area contributed by atoms with Crippen molar-refractivity contribution in [3.8, 4) is 0 Å². The van der Waals surface area contributed by atoms with Crippen molar-refractivity contribution in [2.45, 2.75) is 25.4 Å². The van der Waals surface area contributed by atoms with Crippen molar-refractivity contribution in [2.24, 2.45) is 5.92 Å². The van der Waals surface area contributed by atoms with E-state index in [0.29, 0.717) is 5.75 Å². The van der Waals surface area contributed by atoms with Gasteiger partial charge in [0.2, 0.25) is 0 Å². The summed E-state index contributed by atoms with van der Waals surface area (Å²) < 4.78 is 0. The molecule has 0 aliphatic carbocycles. The summed E-state index contributed by atoms with van der Waals surface area (Å²) in [5.74, 6) is 2.59. The summed E-state index contributed by atoms with van der Waals surface area (Å²) in [6.45, 7) is 2.22. The molecule has 1 saturated heterocycles. The fourth-order valence-corrected chi connectivity index (χ4v) is 2.74. The van der Waals surface area contributed by atoms with E-state index >= 15 is 0 Å². The summed E-state index contributed by atoms with van der Waals surface area (Å²) in [6.07, 6.45) is 3.34. The fraction of sp³-hybridized carbons (Fsp3) is 1.00. The third kappa shape index (κ3) is 5.20. The predicted octanol–water partition coefficient (Wildman–Crippen LogP) is 0.462. The first-order chi connectivity index (χ1) is 6.83. The van der Waals surface area contributed by atoms with E-state index in [1.165, 1.54) is 25.8 Å². The largest absolute Gasteiger partial charge is 0.394 e. The minimum absolute atomic E-state index is 0.113. The van der Waals surface area contributed by atoms with Crippen LogP contribution >= 0.6 is 11.8 Å². The molecule has 1 aliphatic heterocycles. The van der Waals surface area contributed by atoms with Crippen LogP contribution < -0.4 is 5.32 Å². The van der Waals surface area contributed by atoms with Gasteiger partial charge in [-0.25, -0.2) is 0 Å². The maximum Gasteiger partial charge on any atom is 0.0861 e. The Bertz CT molecular complexity index is 140. The van der Waals surface area contributed by atoms with E-state index < -0.39 is 6.10 Å². The molecule has 2 unspecified atom stereocenters. The maximum absolute atomic E-state index is 9.11. The first kappa shape index (κ1) is 12.3. The molecule has 4 heteroatoms. The standard InChI is InChI=1S/C10H21NO2S/c12-7-10(13)8-14-5-3-9-2-1-4-11-6-9/h9-13H,1-8H2. The van der Waals surface area contributed by atoms with Crippen LogP contribution in [0, 0.1) is 5.92 Å². The van der Waals surface area contributed by atoms with Gasteiger partial charge in [-0.2, -0.15) is 11.8 Å². The Labute approximate surface area is 90.3 Å². The molecule has 1 rings (SSSR count). The summed E-state index contributed by atoms with van der Waals surface area (Å²) in [4.78, 5) is 0.